The van der Waals surface area contributed by atoms with Gasteiger partial charge in [0.1, 0.15) is 35.5 Å². The summed E-state index contributed by atoms with van der Waals surface area (Å²) in [6.07, 6.45) is 4.54. The van der Waals surface area contributed by atoms with E-state index in [9.17, 15) is 9.59 Å². The second kappa shape index (κ2) is 15.7. The predicted molar refractivity (Wildman–Crippen MR) is 202 cm³/mol. The lowest BCUT2D eigenvalue weighted by molar-refractivity contribution is 0.0931. The Hall–Kier alpha value is -6.34. The molecule has 0 bridgehead atoms. The zero-order chi connectivity index (χ0) is 36.7. The number of aromatic nitrogens is 5. The van der Waals surface area contributed by atoms with Crippen LogP contribution in [0.4, 0.5) is 27.9 Å². The first-order chi connectivity index (χ1) is 25.1. The van der Waals surface area contributed by atoms with Crippen LogP contribution in [0, 0.1) is 6.92 Å². The summed E-state index contributed by atoms with van der Waals surface area (Å²) in [5.41, 5.74) is 4.33. The number of urea groups is 1. The Labute approximate surface area is 301 Å². The maximum absolute atomic E-state index is 13.4. The van der Waals surface area contributed by atoms with Gasteiger partial charge in [0.25, 0.3) is 5.91 Å². The highest BCUT2D eigenvalue weighted by molar-refractivity contribution is 6.07. The predicted octanol–water partition coefficient (Wildman–Crippen LogP) is 7.16. The summed E-state index contributed by atoms with van der Waals surface area (Å²) in [4.78, 5) is 38.5. The molecular weight excluding hydrogens is 658 g/mol. The van der Waals surface area contributed by atoms with Crippen LogP contribution < -0.4 is 26.0 Å². The van der Waals surface area contributed by atoms with Gasteiger partial charge in [-0.05, 0) is 48.9 Å². The molecule has 3 aromatic carbocycles. The number of carbonyl (C=O) groups is 2. The fourth-order valence-electron chi connectivity index (χ4n) is 5.29. The van der Waals surface area contributed by atoms with E-state index in [2.05, 4.69) is 57.0 Å². The summed E-state index contributed by atoms with van der Waals surface area (Å²) >= 11 is 0. The first kappa shape index (κ1) is 35.5. The van der Waals surface area contributed by atoms with Gasteiger partial charge in [0, 0.05) is 42.1 Å². The Morgan fingerprint density at radius 3 is 2.37 bits per heavy atom. The van der Waals surface area contributed by atoms with E-state index in [4.69, 9.17) is 14.6 Å². The topological polar surface area (TPSA) is 157 Å². The number of benzene rings is 3. The average molecular weight is 700 g/mol. The number of anilines is 4. The molecule has 3 heterocycles. The van der Waals surface area contributed by atoms with E-state index in [1.807, 2.05) is 85.8 Å². The normalized spacial score (nSPS) is 11.2. The highest BCUT2D eigenvalue weighted by Gasteiger charge is 2.22. The third kappa shape index (κ3) is 8.68. The van der Waals surface area contributed by atoms with Crippen molar-refractivity contribution in [2.75, 3.05) is 36.2 Å². The number of fused-ring (bicyclic) bond motifs is 1. The van der Waals surface area contributed by atoms with Crippen molar-refractivity contribution in [2.45, 2.75) is 39.7 Å². The van der Waals surface area contributed by atoms with Crippen molar-refractivity contribution < 1.29 is 19.1 Å². The van der Waals surface area contributed by atoms with Gasteiger partial charge in [-0.25, -0.2) is 24.4 Å². The maximum Gasteiger partial charge on any atom is 0.324 e. The van der Waals surface area contributed by atoms with Crippen molar-refractivity contribution in [1.29, 1.82) is 0 Å². The highest BCUT2D eigenvalue weighted by Crippen LogP contribution is 2.33. The maximum atomic E-state index is 13.4. The molecule has 13 heteroatoms. The van der Waals surface area contributed by atoms with Gasteiger partial charge in [-0.15, -0.1) is 0 Å². The zero-order valence-corrected chi connectivity index (χ0v) is 29.7. The van der Waals surface area contributed by atoms with Crippen LogP contribution in [0.15, 0.2) is 97.5 Å². The number of carbonyl (C=O) groups excluding carboxylic acids is 2. The molecule has 0 fully saturated rings. The molecule has 0 aliphatic carbocycles. The quantitative estimate of drug-likeness (QED) is 0.0973. The van der Waals surface area contributed by atoms with E-state index in [1.54, 1.807) is 18.0 Å². The number of nitrogens with one attached hydrogen (secondary N) is 4. The van der Waals surface area contributed by atoms with Crippen molar-refractivity contribution in [3.63, 3.8) is 0 Å². The van der Waals surface area contributed by atoms with Crippen LogP contribution in [0.2, 0.25) is 0 Å². The number of ether oxygens (including phenoxy) is 2. The molecule has 6 aromatic rings. The first-order valence-electron chi connectivity index (χ1n) is 16.8. The van der Waals surface area contributed by atoms with Crippen molar-refractivity contribution >= 4 is 45.9 Å². The van der Waals surface area contributed by atoms with Gasteiger partial charge in [0.2, 0.25) is 0 Å². The largest absolute Gasteiger partial charge is 0.488 e. The van der Waals surface area contributed by atoms with Crippen LogP contribution in [0.3, 0.4) is 0 Å². The summed E-state index contributed by atoms with van der Waals surface area (Å²) in [6.45, 7) is 9.34. The second-order valence-corrected chi connectivity index (χ2v) is 13.1. The third-order valence-corrected chi connectivity index (χ3v) is 8.08. The number of nitrogens with zero attached hydrogens (tertiary/aromatic N) is 5. The number of methoxy groups -OCH3 is 1. The Morgan fingerprint density at radius 2 is 1.63 bits per heavy atom. The molecule has 52 heavy (non-hydrogen) atoms. The first-order valence-corrected chi connectivity index (χ1v) is 16.8. The van der Waals surface area contributed by atoms with Crippen molar-refractivity contribution in [3.8, 4) is 11.4 Å². The van der Waals surface area contributed by atoms with Crippen LogP contribution in [-0.2, 0) is 16.8 Å². The number of hydrogen-bond donors (Lipinski definition) is 4. The number of hydrogen-bond acceptors (Lipinski definition) is 9. The molecule has 0 unspecified atom stereocenters. The summed E-state index contributed by atoms with van der Waals surface area (Å²) < 4.78 is 13.0. The summed E-state index contributed by atoms with van der Waals surface area (Å²) in [5, 5.41) is 18.3. The molecule has 0 aliphatic heterocycles. The van der Waals surface area contributed by atoms with Gasteiger partial charge in [-0.2, -0.15) is 5.10 Å². The highest BCUT2D eigenvalue weighted by atomic mass is 16.5. The van der Waals surface area contributed by atoms with Crippen LogP contribution in [-0.4, -0.2) is 56.9 Å². The number of pyridine rings is 1. The molecule has 13 nitrogen and oxygen atoms in total. The lowest BCUT2D eigenvalue weighted by Gasteiger charge is -2.15. The molecule has 266 valence electrons. The van der Waals surface area contributed by atoms with E-state index >= 15 is 0 Å². The summed E-state index contributed by atoms with van der Waals surface area (Å²) in [6, 6.07) is 24.6. The van der Waals surface area contributed by atoms with Gasteiger partial charge >= 0.3 is 6.03 Å². The lowest BCUT2D eigenvalue weighted by atomic mass is 9.92. The molecule has 0 radical (unpaired) electrons. The lowest BCUT2D eigenvalue weighted by Crippen LogP contribution is -2.27. The Balaban J connectivity index is 1.13. The van der Waals surface area contributed by atoms with Crippen LogP contribution in [0.1, 0.15) is 48.1 Å². The Morgan fingerprint density at radius 1 is 0.846 bits per heavy atom. The second-order valence-electron chi connectivity index (χ2n) is 13.1. The van der Waals surface area contributed by atoms with E-state index in [-0.39, 0.29) is 23.6 Å². The molecule has 0 spiro atoms. The number of aryl methyl sites for hydroxylation is 1. The fraction of sp³-hybridized carbons (Fsp3) is 0.231. The van der Waals surface area contributed by atoms with Crippen molar-refractivity contribution in [2.24, 2.45) is 0 Å². The van der Waals surface area contributed by atoms with Gasteiger partial charge in [-0.1, -0.05) is 62.7 Å². The molecule has 0 saturated heterocycles. The van der Waals surface area contributed by atoms with Gasteiger partial charge in [-0.3, -0.25) is 10.1 Å². The van der Waals surface area contributed by atoms with E-state index in [1.165, 1.54) is 12.4 Å². The number of amides is 3. The average Bonchev–Trinajstić information content (AvgIpc) is 3.56. The summed E-state index contributed by atoms with van der Waals surface area (Å²) in [7, 11) is 1.57. The van der Waals surface area contributed by atoms with Crippen molar-refractivity contribution in [3.05, 3.63) is 120 Å². The third-order valence-electron chi connectivity index (χ3n) is 8.08. The van der Waals surface area contributed by atoms with Crippen LogP contribution >= 0.6 is 0 Å². The smallest absolute Gasteiger partial charge is 0.324 e. The molecule has 3 aromatic heterocycles. The zero-order valence-electron chi connectivity index (χ0n) is 29.7. The molecule has 0 aliphatic rings. The molecular formula is C39H41N9O4. The van der Waals surface area contributed by atoms with E-state index in [0.29, 0.717) is 42.0 Å². The summed E-state index contributed by atoms with van der Waals surface area (Å²) in [5.74, 6) is 1.87. The van der Waals surface area contributed by atoms with E-state index in [0.717, 1.165) is 33.3 Å². The minimum Gasteiger partial charge on any atom is -0.488 e. The molecule has 0 atom stereocenters. The molecule has 4 N–H and O–H groups in total. The molecule has 6 rings (SSSR count). The van der Waals surface area contributed by atoms with Crippen LogP contribution in [0.5, 0.6) is 5.75 Å². The van der Waals surface area contributed by atoms with E-state index < -0.39 is 6.03 Å². The fourth-order valence-corrected chi connectivity index (χ4v) is 5.29. The number of rotatable bonds is 12. The van der Waals surface area contributed by atoms with Gasteiger partial charge < -0.3 is 25.4 Å². The molecule has 3 amide bonds. The minimum absolute atomic E-state index is 0.200. The SMILES string of the molecule is COCCNC(=O)c1cnc(Nc2cc(COc3ccc(NC(=O)Nc4cc(C(C)(C)C)nn4-c4ccc(C)cc4)c4ccccc34)ccn2)cn1. The van der Waals surface area contributed by atoms with Gasteiger partial charge in [0.05, 0.1) is 36.1 Å². The van der Waals surface area contributed by atoms with Crippen LogP contribution in [0.25, 0.3) is 16.5 Å². The monoisotopic (exact) mass is 699 g/mol. The van der Waals surface area contributed by atoms with Crippen molar-refractivity contribution in [1.82, 2.24) is 30.0 Å². The standard InChI is InChI=1S/C39H41N9O4/c1-25-10-12-27(13-11-25)48-36(21-33(47-48)39(2,3)4)46-38(50)44-30-14-15-32(29-9-7-6-8-28(29)30)52-24-26-16-17-40-34(20-26)45-35-23-42-31(22-43-35)37(49)41-18-19-51-5/h6-17,20-23H,18-19,24H2,1-5H3,(H,41,49)(H,40,43,45)(H2,44,46,50). The minimum atomic E-state index is -0.394. The Bertz CT molecular complexity index is 2180. The Kier molecular flexibility index (Phi) is 10.7. The molecule has 0 saturated carbocycles. The van der Waals surface area contributed by atoms with Gasteiger partial charge in [0.15, 0.2) is 0 Å².